The van der Waals surface area contributed by atoms with E-state index in [2.05, 4.69) is 15.4 Å². The summed E-state index contributed by atoms with van der Waals surface area (Å²) in [6.07, 6.45) is 1.69. The molecule has 0 saturated carbocycles. The molecule has 0 fully saturated rings. The highest BCUT2D eigenvalue weighted by Crippen LogP contribution is 2.33. The van der Waals surface area contributed by atoms with Crippen LogP contribution < -0.4 is 5.32 Å². The van der Waals surface area contributed by atoms with E-state index in [1.54, 1.807) is 28.3 Å². The largest absolute Gasteiger partial charge is 0.310 e. The predicted octanol–water partition coefficient (Wildman–Crippen LogP) is 4.85. The van der Waals surface area contributed by atoms with Crippen LogP contribution in [-0.2, 0) is 4.79 Å². The zero-order valence-electron chi connectivity index (χ0n) is 13.5. The summed E-state index contributed by atoms with van der Waals surface area (Å²) < 4.78 is 3.70. The Morgan fingerprint density at radius 1 is 1.33 bits per heavy atom. The monoisotopic (exact) mass is 380 g/mol. The number of hydrogen-bond acceptors (Lipinski definition) is 5. The van der Waals surface area contributed by atoms with Gasteiger partial charge in [-0.25, -0.2) is 9.67 Å². The molecule has 1 unspecified atom stereocenters. The van der Waals surface area contributed by atoms with E-state index in [0.29, 0.717) is 10.8 Å². The first kappa shape index (κ1) is 17.3. The Morgan fingerprint density at radius 2 is 2.12 bits per heavy atom. The van der Waals surface area contributed by atoms with E-state index in [-0.39, 0.29) is 17.2 Å². The van der Waals surface area contributed by atoms with Crippen LogP contribution in [0.5, 0.6) is 0 Å². The first-order chi connectivity index (χ1) is 11.4. The highest BCUT2D eigenvalue weighted by Gasteiger charge is 2.19. The molecule has 0 aliphatic rings. The smallest absolute Gasteiger partial charge is 0.238 e. The summed E-state index contributed by atoms with van der Waals surface area (Å²) in [4.78, 5) is 17.0. The second kappa shape index (κ2) is 7.13. The third-order valence-corrected chi connectivity index (χ3v) is 5.85. The average Bonchev–Trinajstić information content (AvgIpc) is 3.12. The van der Waals surface area contributed by atoms with Gasteiger partial charge in [0.05, 0.1) is 21.7 Å². The minimum atomic E-state index is -0.267. The van der Waals surface area contributed by atoms with Crippen molar-refractivity contribution in [3.05, 3.63) is 35.5 Å². The molecule has 3 rings (SSSR count). The second-order valence-corrected chi connectivity index (χ2v) is 8.65. The minimum Gasteiger partial charge on any atom is -0.310 e. The van der Waals surface area contributed by atoms with E-state index >= 15 is 0 Å². The van der Waals surface area contributed by atoms with Crippen LogP contribution in [0.2, 0.25) is 5.02 Å². The maximum Gasteiger partial charge on any atom is 0.238 e. The highest BCUT2D eigenvalue weighted by atomic mass is 35.5. The summed E-state index contributed by atoms with van der Waals surface area (Å²) in [6.45, 7) is 5.91. The Hall–Kier alpha value is -1.57. The molecule has 24 heavy (non-hydrogen) atoms. The summed E-state index contributed by atoms with van der Waals surface area (Å²) in [5, 5.41) is 7.55. The number of nitrogens with zero attached hydrogens (tertiary/aromatic N) is 3. The van der Waals surface area contributed by atoms with Gasteiger partial charge in [-0.15, -0.1) is 11.3 Å². The molecule has 2 aromatic heterocycles. The molecular formula is C16H17ClN4OS2. The lowest BCUT2D eigenvalue weighted by molar-refractivity contribution is -0.115. The van der Waals surface area contributed by atoms with Crippen LogP contribution in [0.3, 0.4) is 0 Å². The molecule has 1 atom stereocenters. The first-order valence-electron chi connectivity index (χ1n) is 7.51. The second-order valence-electron chi connectivity index (χ2n) is 5.60. The number of amides is 1. The number of anilines is 1. The van der Waals surface area contributed by atoms with Crippen LogP contribution in [0.1, 0.15) is 26.8 Å². The van der Waals surface area contributed by atoms with Gasteiger partial charge in [0.1, 0.15) is 5.82 Å². The van der Waals surface area contributed by atoms with Gasteiger partial charge in [-0.05, 0) is 39.0 Å². The summed E-state index contributed by atoms with van der Waals surface area (Å²) in [7, 11) is 0. The Bertz CT molecular complexity index is 874. The fraction of sp³-hybridized carbons (Fsp3) is 0.312. The lowest BCUT2D eigenvalue weighted by atomic mass is 10.3. The lowest BCUT2D eigenvalue weighted by Gasteiger charge is -2.14. The predicted molar refractivity (Wildman–Crippen MR) is 101 cm³/mol. The van der Waals surface area contributed by atoms with Crippen LogP contribution in [-0.4, -0.2) is 25.9 Å². The Balaban J connectivity index is 1.70. The number of halogens is 1. The molecule has 0 saturated heterocycles. The van der Waals surface area contributed by atoms with Crippen LogP contribution in [0.15, 0.2) is 34.8 Å². The van der Waals surface area contributed by atoms with Crippen molar-refractivity contribution in [2.24, 2.45) is 0 Å². The summed E-state index contributed by atoms with van der Waals surface area (Å²) in [5.74, 6) is 0.637. The maximum atomic E-state index is 12.4. The molecule has 1 aromatic carbocycles. The zero-order chi connectivity index (χ0) is 17.3. The van der Waals surface area contributed by atoms with Crippen LogP contribution in [0.4, 0.5) is 5.82 Å². The molecule has 8 heteroatoms. The molecule has 0 aliphatic heterocycles. The molecule has 1 N–H and O–H groups in total. The molecule has 3 aromatic rings. The van der Waals surface area contributed by atoms with Gasteiger partial charge < -0.3 is 5.32 Å². The molecule has 0 radical (unpaired) electrons. The molecular weight excluding hydrogens is 364 g/mol. The molecule has 0 spiro atoms. The standard InChI is InChI=1S/C16H17ClN4OS2/c1-9(2)21-14(6-7-18-21)20-15(22)10(3)23-16-19-12-8-11(17)4-5-13(12)24-16/h4-10H,1-3H3,(H,20,22). The summed E-state index contributed by atoms with van der Waals surface area (Å²) in [6, 6.07) is 7.62. The number of nitrogens with one attached hydrogen (secondary N) is 1. The Kier molecular flexibility index (Phi) is 5.12. The number of thiazole rings is 1. The van der Waals surface area contributed by atoms with Gasteiger partial charge in [0.25, 0.3) is 0 Å². The number of carbonyl (C=O) groups is 1. The van der Waals surface area contributed by atoms with Gasteiger partial charge in [0, 0.05) is 17.1 Å². The van der Waals surface area contributed by atoms with Gasteiger partial charge in [-0.3, -0.25) is 4.79 Å². The van der Waals surface area contributed by atoms with Gasteiger partial charge in [0.15, 0.2) is 4.34 Å². The molecule has 126 valence electrons. The molecule has 5 nitrogen and oxygen atoms in total. The van der Waals surface area contributed by atoms with Crippen LogP contribution in [0, 0.1) is 0 Å². The van der Waals surface area contributed by atoms with Crippen molar-refractivity contribution in [1.82, 2.24) is 14.8 Å². The van der Waals surface area contributed by atoms with Crippen molar-refractivity contribution in [2.75, 3.05) is 5.32 Å². The van der Waals surface area contributed by atoms with Crippen LogP contribution >= 0.6 is 34.7 Å². The zero-order valence-corrected chi connectivity index (χ0v) is 15.9. The quantitative estimate of drug-likeness (QED) is 0.643. The van der Waals surface area contributed by atoms with E-state index < -0.39 is 0 Å². The molecule has 0 bridgehead atoms. The van der Waals surface area contributed by atoms with Crippen molar-refractivity contribution in [1.29, 1.82) is 0 Å². The number of thioether (sulfide) groups is 1. The van der Waals surface area contributed by atoms with Crippen molar-refractivity contribution in [2.45, 2.75) is 36.4 Å². The molecule has 0 aliphatic carbocycles. The average molecular weight is 381 g/mol. The fourth-order valence-corrected chi connectivity index (χ4v) is 4.55. The number of aromatic nitrogens is 3. The maximum absolute atomic E-state index is 12.4. The lowest BCUT2D eigenvalue weighted by Crippen LogP contribution is -2.24. The topological polar surface area (TPSA) is 59.8 Å². The van der Waals surface area contributed by atoms with Crippen molar-refractivity contribution in [3.8, 4) is 0 Å². The van der Waals surface area contributed by atoms with Crippen molar-refractivity contribution < 1.29 is 4.79 Å². The Morgan fingerprint density at radius 3 is 2.88 bits per heavy atom. The number of hydrogen-bond donors (Lipinski definition) is 1. The van der Waals surface area contributed by atoms with Gasteiger partial charge in [0.2, 0.25) is 5.91 Å². The third kappa shape index (κ3) is 3.74. The number of benzene rings is 1. The summed E-state index contributed by atoms with van der Waals surface area (Å²) >= 11 is 8.99. The molecule has 1 amide bonds. The first-order valence-corrected chi connectivity index (χ1v) is 9.58. The molecule has 2 heterocycles. The van der Waals surface area contributed by atoms with Gasteiger partial charge in [-0.2, -0.15) is 5.10 Å². The normalized spacial score (nSPS) is 12.7. The number of rotatable bonds is 5. The van der Waals surface area contributed by atoms with Crippen LogP contribution in [0.25, 0.3) is 10.2 Å². The van der Waals surface area contributed by atoms with E-state index in [0.717, 1.165) is 14.6 Å². The summed E-state index contributed by atoms with van der Waals surface area (Å²) in [5.41, 5.74) is 0.862. The van der Waals surface area contributed by atoms with Crippen molar-refractivity contribution >= 4 is 56.6 Å². The SMILES string of the molecule is CC(Sc1nc2cc(Cl)ccc2s1)C(=O)Nc1ccnn1C(C)C. The highest BCUT2D eigenvalue weighted by molar-refractivity contribution is 8.02. The number of fused-ring (bicyclic) bond motifs is 1. The van der Waals surface area contributed by atoms with E-state index in [1.807, 2.05) is 39.0 Å². The van der Waals surface area contributed by atoms with Gasteiger partial charge >= 0.3 is 0 Å². The minimum absolute atomic E-state index is 0.0697. The third-order valence-electron chi connectivity index (χ3n) is 3.39. The van der Waals surface area contributed by atoms with E-state index in [4.69, 9.17) is 11.6 Å². The number of carbonyl (C=O) groups excluding carboxylic acids is 1. The fourth-order valence-electron chi connectivity index (χ4n) is 2.19. The van der Waals surface area contributed by atoms with Crippen molar-refractivity contribution in [3.63, 3.8) is 0 Å². The van der Waals surface area contributed by atoms with E-state index in [1.165, 1.54) is 11.8 Å². The van der Waals surface area contributed by atoms with Gasteiger partial charge in [-0.1, -0.05) is 23.4 Å². The van der Waals surface area contributed by atoms with E-state index in [9.17, 15) is 4.79 Å². The Labute approximate surface area is 153 Å².